The van der Waals surface area contributed by atoms with Gasteiger partial charge in [0.15, 0.2) is 0 Å². The highest BCUT2D eigenvalue weighted by Gasteiger charge is 2.27. The fourth-order valence-corrected chi connectivity index (χ4v) is 5.37. The fraction of sp³-hybridized carbons (Fsp3) is 0.217. The molecule has 1 aliphatic heterocycles. The average Bonchev–Trinajstić information content (AvgIpc) is 3.50. The molecule has 0 unspecified atom stereocenters. The number of furan rings is 1. The highest BCUT2D eigenvalue weighted by molar-refractivity contribution is 8.04. The summed E-state index contributed by atoms with van der Waals surface area (Å²) in [4.78, 5) is 0.827. The normalized spacial score (nSPS) is 15.8. The first-order valence-corrected chi connectivity index (χ1v) is 12.2. The molecule has 0 radical (unpaired) electrons. The lowest BCUT2D eigenvalue weighted by Crippen LogP contribution is -2.21. The van der Waals surface area contributed by atoms with Crippen LogP contribution in [0, 0.1) is 17.1 Å². The van der Waals surface area contributed by atoms with Crippen molar-refractivity contribution in [2.24, 2.45) is 0 Å². The van der Waals surface area contributed by atoms with Crippen LogP contribution in [0.25, 0.3) is 5.70 Å². The van der Waals surface area contributed by atoms with Gasteiger partial charge in [0.2, 0.25) is 0 Å². The Labute approximate surface area is 199 Å². The molecule has 162 valence electrons. The maximum absolute atomic E-state index is 13.4. The van der Waals surface area contributed by atoms with E-state index in [9.17, 15) is 9.65 Å². The quantitative estimate of drug-likeness (QED) is 0.416. The van der Waals surface area contributed by atoms with Crippen LogP contribution in [0.1, 0.15) is 34.2 Å². The number of rotatable bonds is 8. The molecule has 3 aromatic rings. The SMILES string of the molecule is CCc1nnc(CC(=S)CSC2=C(C#N)[C@H](c3ccco3)C=C(c3ccc(F)cc3)N2)s1. The van der Waals surface area contributed by atoms with Gasteiger partial charge in [-0.05, 0) is 42.3 Å². The Morgan fingerprint density at radius 2 is 2.06 bits per heavy atom. The van der Waals surface area contributed by atoms with Crippen molar-refractivity contribution in [3.05, 3.63) is 86.5 Å². The summed E-state index contributed by atoms with van der Waals surface area (Å²) in [7, 11) is 0. The molecular weight excluding hydrogens is 463 g/mol. The summed E-state index contributed by atoms with van der Waals surface area (Å²) in [6.07, 6.45) is 4.96. The zero-order valence-corrected chi connectivity index (χ0v) is 19.6. The standard InChI is InChI=1S/C23H19FN4OS3/c1-2-21-27-28-22(32-21)10-16(30)13-31-23-18(12-25)17(20-4-3-9-29-20)11-19(26-23)14-5-7-15(24)8-6-14/h3-9,11,17,26H,2,10,13H2,1H3/t17-/m1/s1. The van der Waals surface area contributed by atoms with Crippen molar-refractivity contribution in [2.75, 3.05) is 5.75 Å². The van der Waals surface area contributed by atoms with E-state index in [0.717, 1.165) is 32.6 Å². The first-order chi connectivity index (χ1) is 15.6. The smallest absolute Gasteiger partial charge is 0.123 e. The molecule has 0 amide bonds. The monoisotopic (exact) mass is 482 g/mol. The largest absolute Gasteiger partial charge is 0.468 e. The molecule has 0 saturated carbocycles. The molecule has 0 spiro atoms. The van der Waals surface area contributed by atoms with E-state index in [1.807, 2.05) is 19.1 Å². The van der Waals surface area contributed by atoms with E-state index in [1.165, 1.54) is 23.9 Å². The third-order valence-corrected chi connectivity index (χ3v) is 7.44. The van der Waals surface area contributed by atoms with Crippen LogP contribution < -0.4 is 5.32 Å². The zero-order chi connectivity index (χ0) is 22.5. The summed E-state index contributed by atoms with van der Waals surface area (Å²) in [5.41, 5.74) is 2.17. The predicted octanol–water partition coefficient (Wildman–Crippen LogP) is 5.64. The molecule has 9 heteroatoms. The number of aryl methyl sites for hydroxylation is 1. The summed E-state index contributed by atoms with van der Waals surface area (Å²) in [5, 5.41) is 24.2. The Morgan fingerprint density at radius 1 is 1.28 bits per heavy atom. The lowest BCUT2D eigenvalue weighted by Gasteiger charge is -2.25. The van der Waals surface area contributed by atoms with Crippen LogP contribution in [-0.4, -0.2) is 20.8 Å². The molecule has 0 fully saturated rings. The molecule has 1 aliphatic rings. The summed E-state index contributed by atoms with van der Waals surface area (Å²) >= 11 is 8.63. The van der Waals surface area contributed by atoms with Crippen molar-refractivity contribution in [1.82, 2.24) is 15.5 Å². The first-order valence-electron chi connectivity index (χ1n) is 9.95. The second kappa shape index (κ2) is 10.2. The molecule has 1 aromatic carbocycles. The number of benzene rings is 1. The Bertz CT molecular complexity index is 1210. The van der Waals surface area contributed by atoms with Crippen LogP contribution in [0.3, 0.4) is 0 Å². The van der Waals surface area contributed by atoms with Crippen LogP contribution in [0.5, 0.6) is 0 Å². The highest BCUT2D eigenvalue weighted by Crippen LogP contribution is 2.38. The van der Waals surface area contributed by atoms with Crippen molar-refractivity contribution < 1.29 is 8.81 Å². The fourth-order valence-electron chi connectivity index (χ4n) is 3.22. The lowest BCUT2D eigenvalue weighted by molar-refractivity contribution is 0.505. The van der Waals surface area contributed by atoms with Gasteiger partial charge in [0, 0.05) is 22.7 Å². The summed E-state index contributed by atoms with van der Waals surface area (Å²) < 4.78 is 19.0. The Kier molecular flexibility index (Phi) is 7.15. The topological polar surface area (TPSA) is 74.7 Å². The van der Waals surface area contributed by atoms with E-state index < -0.39 is 0 Å². The number of nitriles is 1. The minimum Gasteiger partial charge on any atom is -0.468 e. The van der Waals surface area contributed by atoms with E-state index in [4.69, 9.17) is 16.6 Å². The molecule has 3 heterocycles. The number of aromatic nitrogens is 2. The van der Waals surface area contributed by atoms with E-state index >= 15 is 0 Å². The number of hydrogen-bond donors (Lipinski definition) is 1. The Balaban J connectivity index is 1.56. The highest BCUT2D eigenvalue weighted by atomic mass is 32.2. The van der Waals surface area contributed by atoms with Gasteiger partial charge in [-0.15, -0.1) is 33.3 Å². The van der Waals surface area contributed by atoms with Crippen LogP contribution in [-0.2, 0) is 12.8 Å². The Hall–Kier alpha value is -2.80. The van der Waals surface area contributed by atoms with Crippen molar-refractivity contribution in [3.63, 3.8) is 0 Å². The molecule has 0 saturated heterocycles. The van der Waals surface area contributed by atoms with Crippen LogP contribution in [0.15, 0.2) is 63.8 Å². The molecule has 5 nitrogen and oxygen atoms in total. The second-order valence-electron chi connectivity index (χ2n) is 7.01. The number of thioether (sulfide) groups is 1. The molecule has 2 aromatic heterocycles. The molecule has 32 heavy (non-hydrogen) atoms. The van der Waals surface area contributed by atoms with Crippen molar-refractivity contribution in [1.29, 1.82) is 5.26 Å². The van der Waals surface area contributed by atoms with Gasteiger partial charge in [-0.25, -0.2) is 4.39 Å². The summed E-state index contributed by atoms with van der Waals surface area (Å²) in [6.45, 7) is 2.05. The number of nitrogens with one attached hydrogen (secondary N) is 1. The number of allylic oxidation sites excluding steroid dienone is 2. The first kappa shape index (κ1) is 22.4. The average molecular weight is 483 g/mol. The van der Waals surface area contributed by atoms with Gasteiger partial charge in [-0.3, -0.25) is 0 Å². The number of nitrogens with zero attached hydrogens (tertiary/aromatic N) is 3. The second-order valence-corrected chi connectivity index (χ2v) is 9.72. The Morgan fingerprint density at radius 3 is 2.72 bits per heavy atom. The van der Waals surface area contributed by atoms with E-state index in [-0.39, 0.29) is 11.7 Å². The minimum absolute atomic E-state index is 0.302. The molecule has 1 N–H and O–H groups in total. The van der Waals surface area contributed by atoms with Crippen molar-refractivity contribution in [2.45, 2.75) is 25.7 Å². The van der Waals surface area contributed by atoms with Gasteiger partial charge in [0.1, 0.15) is 21.6 Å². The minimum atomic E-state index is -0.345. The number of dihydropyridines is 1. The summed E-state index contributed by atoms with van der Waals surface area (Å²) in [5.74, 6) is 0.571. The van der Waals surface area contributed by atoms with Crippen LogP contribution in [0.2, 0.25) is 0 Å². The van der Waals surface area contributed by atoms with E-state index in [2.05, 4.69) is 21.6 Å². The maximum Gasteiger partial charge on any atom is 0.123 e. The van der Waals surface area contributed by atoms with Crippen molar-refractivity contribution >= 4 is 45.9 Å². The lowest BCUT2D eigenvalue weighted by atomic mass is 9.92. The zero-order valence-electron chi connectivity index (χ0n) is 17.2. The van der Waals surface area contributed by atoms with Gasteiger partial charge in [-0.1, -0.05) is 31.3 Å². The van der Waals surface area contributed by atoms with Gasteiger partial charge in [0.05, 0.1) is 28.9 Å². The third kappa shape index (κ3) is 5.15. The van der Waals surface area contributed by atoms with Crippen molar-refractivity contribution in [3.8, 4) is 6.07 Å². The van der Waals surface area contributed by atoms with Gasteiger partial charge < -0.3 is 9.73 Å². The molecule has 1 atom stereocenters. The van der Waals surface area contributed by atoms with E-state index in [1.54, 1.807) is 35.8 Å². The van der Waals surface area contributed by atoms with Gasteiger partial charge in [0.25, 0.3) is 0 Å². The van der Waals surface area contributed by atoms with E-state index in [0.29, 0.717) is 28.5 Å². The number of thiocarbonyl (C=S) groups is 1. The maximum atomic E-state index is 13.4. The molecule has 4 rings (SSSR count). The number of hydrogen-bond acceptors (Lipinski definition) is 8. The van der Waals surface area contributed by atoms with Gasteiger partial charge >= 0.3 is 0 Å². The molecule has 0 bridgehead atoms. The van der Waals surface area contributed by atoms with Crippen LogP contribution >= 0.6 is 35.3 Å². The molecule has 0 aliphatic carbocycles. The van der Waals surface area contributed by atoms with Gasteiger partial charge in [-0.2, -0.15) is 5.26 Å². The third-order valence-electron chi connectivity index (χ3n) is 4.80. The number of halogens is 1. The summed E-state index contributed by atoms with van der Waals surface area (Å²) in [6, 6.07) is 12.2. The molecular formula is C23H19FN4OS3. The predicted molar refractivity (Wildman–Crippen MR) is 130 cm³/mol. The van der Waals surface area contributed by atoms with Crippen LogP contribution in [0.4, 0.5) is 4.39 Å².